The molecule has 0 aliphatic rings. The number of nitriles is 2. The molecule has 0 spiro atoms. The fourth-order valence-electron chi connectivity index (χ4n) is 2.51. The first kappa shape index (κ1) is 18.2. The van der Waals surface area contributed by atoms with Crippen LogP contribution in [0.15, 0.2) is 41.1 Å². The molecule has 126 valence electrons. The number of benzene rings is 1. The summed E-state index contributed by atoms with van der Waals surface area (Å²) in [5.41, 5.74) is 1.29. The van der Waals surface area contributed by atoms with E-state index in [-0.39, 0.29) is 16.7 Å². The van der Waals surface area contributed by atoms with Crippen LogP contribution in [0.1, 0.15) is 16.7 Å². The van der Waals surface area contributed by atoms with Crippen molar-refractivity contribution in [1.29, 1.82) is 10.5 Å². The van der Waals surface area contributed by atoms with Crippen LogP contribution in [0.3, 0.4) is 0 Å². The molecular weight excluding hydrogens is 422 g/mol. The zero-order valence-corrected chi connectivity index (χ0v) is 15.6. The average Bonchev–Trinajstić information content (AvgIpc) is 3.14. The Kier molecular flexibility index (Phi) is 4.87. The number of hydrogen-bond donors (Lipinski definition) is 0. The van der Waals surface area contributed by atoms with Crippen LogP contribution in [-0.4, -0.2) is 21.8 Å². The van der Waals surface area contributed by atoms with Crippen LogP contribution in [0, 0.1) is 22.7 Å². The molecule has 2 heterocycles. The maximum atomic E-state index is 12.8. The third kappa shape index (κ3) is 3.24. The fourth-order valence-corrected chi connectivity index (χ4v) is 3.70. The zero-order chi connectivity index (χ0) is 18.9. The number of pyridine rings is 1. The molecule has 3 rings (SSSR count). The molecule has 0 unspecified atom stereocenters. The van der Waals surface area contributed by atoms with Crippen LogP contribution in [-0.2, 0) is 6.18 Å². The van der Waals surface area contributed by atoms with Gasteiger partial charge in [-0.05, 0) is 0 Å². The molecule has 0 N–H and O–H groups in total. The molecule has 26 heavy (non-hydrogen) atoms. The van der Waals surface area contributed by atoms with E-state index in [1.807, 2.05) is 16.8 Å². The van der Waals surface area contributed by atoms with Crippen molar-refractivity contribution in [2.75, 3.05) is 0 Å². The summed E-state index contributed by atoms with van der Waals surface area (Å²) in [6.07, 6.45) is -4.46. The van der Waals surface area contributed by atoms with Crippen LogP contribution < -0.4 is 4.48 Å². The molecule has 3 aromatic rings. The Morgan fingerprint density at radius 1 is 0.962 bits per heavy atom. The first-order chi connectivity index (χ1) is 12.4. The van der Waals surface area contributed by atoms with E-state index < -0.39 is 11.7 Å². The molecule has 8 heteroatoms. The normalized spacial score (nSPS) is 11.0. The Morgan fingerprint density at radius 3 is 2.12 bits per heavy atom. The molecule has 0 bridgehead atoms. The first-order valence-corrected chi connectivity index (χ1v) is 9.02. The van der Waals surface area contributed by atoms with Crippen LogP contribution in [0.4, 0.5) is 13.2 Å². The number of aromatic nitrogens is 1. The SMILES string of the molecule is N#Cc1c([As])nc(-c2ccsc2)c(C#N)c1-c1ccc(C(F)(F)F)cc1. The van der Waals surface area contributed by atoms with Gasteiger partial charge in [0.1, 0.15) is 0 Å². The van der Waals surface area contributed by atoms with Gasteiger partial charge in [0.2, 0.25) is 0 Å². The first-order valence-electron chi connectivity index (χ1n) is 7.14. The molecular formula is C18H7AsF3N3S. The Balaban J connectivity index is 2.30. The van der Waals surface area contributed by atoms with Crippen molar-refractivity contribution in [3.05, 3.63) is 57.8 Å². The van der Waals surface area contributed by atoms with Crippen LogP contribution in [0.5, 0.6) is 0 Å². The summed E-state index contributed by atoms with van der Waals surface area (Å²) >= 11 is 3.60. The van der Waals surface area contributed by atoms with E-state index in [1.165, 1.54) is 23.5 Å². The van der Waals surface area contributed by atoms with E-state index in [0.717, 1.165) is 17.7 Å². The second-order valence-corrected chi connectivity index (χ2v) is 6.89. The van der Waals surface area contributed by atoms with Crippen molar-refractivity contribution in [1.82, 2.24) is 4.98 Å². The minimum atomic E-state index is -4.46. The van der Waals surface area contributed by atoms with Gasteiger partial charge in [0.15, 0.2) is 0 Å². The van der Waals surface area contributed by atoms with Gasteiger partial charge in [0.05, 0.1) is 0 Å². The summed E-state index contributed by atoms with van der Waals surface area (Å²) < 4.78 is 38.8. The second kappa shape index (κ2) is 6.96. The fraction of sp³-hybridized carbons (Fsp3) is 0.0556. The molecule has 0 amide bonds. The molecule has 0 aliphatic heterocycles. The van der Waals surface area contributed by atoms with Crippen molar-refractivity contribution in [3.8, 4) is 34.5 Å². The molecule has 0 fully saturated rings. The predicted molar refractivity (Wildman–Crippen MR) is 92.8 cm³/mol. The van der Waals surface area contributed by atoms with E-state index >= 15 is 0 Å². The third-order valence-electron chi connectivity index (χ3n) is 3.70. The van der Waals surface area contributed by atoms with Gasteiger partial charge in [-0.1, -0.05) is 0 Å². The van der Waals surface area contributed by atoms with Gasteiger partial charge in [-0.25, -0.2) is 0 Å². The van der Waals surface area contributed by atoms with E-state index in [4.69, 9.17) is 0 Å². The summed E-state index contributed by atoms with van der Waals surface area (Å²) in [5, 5.41) is 22.8. The van der Waals surface area contributed by atoms with Crippen molar-refractivity contribution < 1.29 is 13.2 Å². The van der Waals surface area contributed by atoms with Gasteiger partial charge in [0.25, 0.3) is 0 Å². The van der Waals surface area contributed by atoms with Crippen molar-refractivity contribution in [2.45, 2.75) is 6.18 Å². The molecule has 0 saturated heterocycles. The maximum absolute atomic E-state index is 12.8. The molecule has 1 aromatic carbocycles. The number of rotatable bonds is 2. The predicted octanol–water partition coefficient (Wildman–Crippen LogP) is 4.03. The van der Waals surface area contributed by atoms with E-state index in [2.05, 4.69) is 27.9 Å². The summed E-state index contributed by atoms with van der Waals surface area (Å²) in [5.74, 6) is 0. The van der Waals surface area contributed by atoms with Crippen LogP contribution in [0.25, 0.3) is 22.4 Å². The number of halogens is 3. The van der Waals surface area contributed by atoms with Gasteiger partial charge < -0.3 is 0 Å². The van der Waals surface area contributed by atoms with E-state index in [0.29, 0.717) is 15.7 Å². The second-order valence-electron chi connectivity index (χ2n) is 5.22. The quantitative estimate of drug-likeness (QED) is 0.578. The Morgan fingerprint density at radius 2 is 1.62 bits per heavy atom. The molecule has 3 nitrogen and oxygen atoms in total. The number of thiophene rings is 1. The van der Waals surface area contributed by atoms with E-state index in [9.17, 15) is 23.7 Å². The average molecular weight is 429 g/mol. The van der Waals surface area contributed by atoms with E-state index in [1.54, 1.807) is 6.07 Å². The van der Waals surface area contributed by atoms with Crippen LogP contribution in [0.2, 0.25) is 0 Å². The molecule has 0 aliphatic carbocycles. The Hall–Kier alpha value is -2.60. The Labute approximate surface area is 159 Å². The number of alkyl halides is 3. The van der Waals surface area contributed by atoms with Gasteiger partial charge in [-0.2, -0.15) is 0 Å². The topological polar surface area (TPSA) is 60.5 Å². The van der Waals surface area contributed by atoms with Gasteiger partial charge in [-0.15, -0.1) is 0 Å². The molecule has 0 atom stereocenters. The number of hydrogen-bond acceptors (Lipinski definition) is 4. The molecule has 2 radical (unpaired) electrons. The monoisotopic (exact) mass is 429 g/mol. The molecule has 0 saturated carbocycles. The summed E-state index contributed by atoms with van der Waals surface area (Å²) in [6, 6.07) is 10.3. The van der Waals surface area contributed by atoms with Crippen LogP contribution >= 0.6 is 11.3 Å². The summed E-state index contributed by atoms with van der Waals surface area (Å²) in [6.45, 7) is 0. The van der Waals surface area contributed by atoms with Crippen molar-refractivity contribution >= 4 is 32.7 Å². The Bertz CT molecular complexity index is 1040. The van der Waals surface area contributed by atoms with Crippen molar-refractivity contribution in [3.63, 3.8) is 0 Å². The third-order valence-corrected chi connectivity index (χ3v) is 5.06. The van der Waals surface area contributed by atoms with Gasteiger partial charge >= 0.3 is 160 Å². The molecule has 2 aromatic heterocycles. The van der Waals surface area contributed by atoms with Gasteiger partial charge in [0, 0.05) is 0 Å². The van der Waals surface area contributed by atoms with Gasteiger partial charge in [-0.3, -0.25) is 0 Å². The summed E-state index contributed by atoms with van der Waals surface area (Å²) in [4.78, 5) is 4.35. The number of nitrogens with zero attached hydrogens (tertiary/aromatic N) is 3. The zero-order valence-electron chi connectivity index (χ0n) is 12.9. The minimum absolute atomic E-state index is 0.153. The van der Waals surface area contributed by atoms with Crippen molar-refractivity contribution in [2.24, 2.45) is 0 Å². The standard InChI is InChI=1S/C18H7AsF3N3S/c19-17-14(8-24)15(10-1-3-12(4-2-10)18(20,21)22)13(7-23)16(25-17)11-5-6-26-9-11/h1-6,9H. The summed E-state index contributed by atoms with van der Waals surface area (Å²) in [7, 11) is 0.